The van der Waals surface area contributed by atoms with E-state index in [4.69, 9.17) is 4.74 Å². The molecule has 2 fully saturated rings. The van der Waals surface area contributed by atoms with Crippen LogP contribution in [0.1, 0.15) is 65.7 Å². The molecule has 1 N–H and O–H groups in total. The number of rotatable bonds is 9. The first-order valence-electron chi connectivity index (χ1n) is 11.1. The van der Waals surface area contributed by atoms with Crippen molar-refractivity contribution < 1.29 is 19.1 Å². The molecule has 3 atom stereocenters. The highest BCUT2D eigenvalue weighted by atomic mass is 16.6. The summed E-state index contributed by atoms with van der Waals surface area (Å²) in [5.74, 6) is 0.570. The van der Waals surface area contributed by atoms with Gasteiger partial charge in [0.2, 0.25) is 5.52 Å². The highest BCUT2D eigenvalue weighted by Gasteiger charge is 2.62. The van der Waals surface area contributed by atoms with Crippen LogP contribution in [0.4, 0.5) is 11.4 Å². The highest BCUT2D eigenvalue weighted by Crippen LogP contribution is 2.66. The van der Waals surface area contributed by atoms with E-state index in [1.54, 1.807) is 6.07 Å². The fraction of sp³-hybridized carbons (Fsp3) is 0.682. The monoisotopic (exact) mass is 430 g/mol. The molecule has 0 radical (unpaired) electrons. The number of esters is 1. The van der Waals surface area contributed by atoms with E-state index in [0.29, 0.717) is 30.1 Å². The predicted molar refractivity (Wildman–Crippen MR) is 115 cm³/mol. The fourth-order valence-corrected chi connectivity index (χ4v) is 5.46. The van der Waals surface area contributed by atoms with Gasteiger partial charge in [0.05, 0.1) is 10.6 Å². The smallest absolute Gasteiger partial charge is 0.306 e. The molecule has 0 aliphatic heterocycles. The summed E-state index contributed by atoms with van der Waals surface area (Å²) < 4.78 is 10.6. The van der Waals surface area contributed by atoms with E-state index >= 15 is 0 Å². The zero-order valence-corrected chi connectivity index (χ0v) is 18.3. The Labute approximate surface area is 181 Å². The number of nitrogens with zero attached hydrogens (tertiary/aromatic N) is 3. The first-order chi connectivity index (χ1) is 14.7. The summed E-state index contributed by atoms with van der Waals surface area (Å²) >= 11 is 0. The van der Waals surface area contributed by atoms with Crippen LogP contribution >= 0.6 is 0 Å². The molecule has 168 valence electrons. The van der Waals surface area contributed by atoms with E-state index in [-0.39, 0.29) is 34.1 Å². The number of unbranched alkanes of at least 4 members (excludes halogenated alkanes) is 2. The molecule has 0 saturated heterocycles. The minimum atomic E-state index is -0.507. The molecule has 31 heavy (non-hydrogen) atoms. The van der Waals surface area contributed by atoms with Crippen molar-refractivity contribution in [3.05, 3.63) is 22.2 Å². The van der Waals surface area contributed by atoms with Gasteiger partial charge in [0.25, 0.3) is 0 Å². The molecule has 2 bridgehead atoms. The molecule has 2 aliphatic carbocycles. The van der Waals surface area contributed by atoms with Crippen molar-refractivity contribution in [1.82, 2.24) is 10.3 Å². The van der Waals surface area contributed by atoms with Crippen molar-refractivity contribution in [3.63, 3.8) is 0 Å². The molecular weight excluding hydrogens is 400 g/mol. The number of hydrogen-bond acceptors (Lipinski definition) is 8. The molecule has 2 aromatic rings. The zero-order chi connectivity index (χ0) is 22.2. The molecule has 0 unspecified atom stereocenters. The number of nitro benzene ring substituents is 1. The van der Waals surface area contributed by atoms with Crippen LogP contribution in [0.3, 0.4) is 0 Å². The summed E-state index contributed by atoms with van der Waals surface area (Å²) in [6.45, 7) is 7.58. The molecule has 9 heteroatoms. The minimum Gasteiger partial charge on any atom is -0.462 e. The fourth-order valence-electron chi connectivity index (χ4n) is 5.46. The minimum absolute atomic E-state index is 0.0519. The number of non-ortho nitro benzene ring substituents is 1. The van der Waals surface area contributed by atoms with Gasteiger partial charge >= 0.3 is 11.7 Å². The van der Waals surface area contributed by atoms with Gasteiger partial charge in [-0.05, 0) is 59.8 Å². The quantitative estimate of drug-likeness (QED) is 0.259. The maximum atomic E-state index is 12.4. The number of benzene rings is 1. The Morgan fingerprint density at radius 3 is 2.71 bits per heavy atom. The normalized spacial score (nSPS) is 26.3. The Bertz CT molecular complexity index is 987. The lowest BCUT2D eigenvalue weighted by molar-refractivity contribution is -0.383. The van der Waals surface area contributed by atoms with E-state index in [9.17, 15) is 14.9 Å². The van der Waals surface area contributed by atoms with E-state index in [1.165, 1.54) is 12.5 Å². The third kappa shape index (κ3) is 3.74. The number of anilines is 1. The van der Waals surface area contributed by atoms with E-state index in [2.05, 4.69) is 41.0 Å². The van der Waals surface area contributed by atoms with Gasteiger partial charge in [0.1, 0.15) is 6.10 Å². The first-order valence-corrected chi connectivity index (χ1v) is 11.1. The van der Waals surface area contributed by atoms with Crippen molar-refractivity contribution >= 4 is 28.4 Å². The Morgan fingerprint density at radius 2 is 2.03 bits per heavy atom. The van der Waals surface area contributed by atoms with Gasteiger partial charge in [-0.1, -0.05) is 27.2 Å². The van der Waals surface area contributed by atoms with Crippen LogP contribution in [0.5, 0.6) is 0 Å². The van der Waals surface area contributed by atoms with Gasteiger partial charge in [-0.15, -0.1) is 0 Å². The lowest BCUT2D eigenvalue weighted by Crippen LogP contribution is -2.38. The Kier molecular flexibility index (Phi) is 5.61. The molecule has 1 aromatic heterocycles. The van der Waals surface area contributed by atoms with Gasteiger partial charge in [-0.3, -0.25) is 14.9 Å². The molecular formula is C22H30N4O5. The standard InChI is InChI=1S/C22H30N4O5/c1-21(2)14-10-11-22(21,3)17(13-14)30-18(27)7-5-4-6-12-23-15-8-9-16(26(28)29)20-19(15)24-31-25-20/h8-9,14,17,23H,4-7,10-13H2,1-3H3/t14-,17+,22+/m0/s1. The van der Waals surface area contributed by atoms with Crippen LogP contribution in [0, 0.1) is 26.9 Å². The number of hydrogen-bond donors (Lipinski definition) is 1. The Morgan fingerprint density at radius 1 is 1.26 bits per heavy atom. The van der Waals surface area contributed by atoms with E-state index < -0.39 is 4.92 Å². The van der Waals surface area contributed by atoms with Gasteiger partial charge in [-0.2, -0.15) is 0 Å². The SMILES string of the molecule is CC1(C)[C@H]2CC[C@]1(C)[C@H](OC(=O)CCCCCNc1ccc([N+](=O)[O-])c3nonc13)C2. The number of ether oxygens (including phenoxy) is 1. The number of carbonyl (C=O) groups is 1. The maximum Gasteiger partial charge on any atom is 0.306 e. The summed E-state index contributed by atoms with van der Waals surface area (Å²) in [6, 6.07) is 3.00. The van der Waals surface area contributed by atoms with Crippen LogP contribution in [-0.4, -0.2) is 33.9 Å². The summed E-state index contributed by atoms with van der Waals surface area (Å²) in [5, 5.41) is 21.7. The summed E-state index contributed by atoms with van der Waals surface area (Å²) in [7, 11) is 0. The van der Waals surface area contributed by atoms with E-state index in [1.807, 2.05) is 0 Å². The van der Waals surface area contributed by atoms with Crippen molar-refractivity contribution in [1.29, 1.82) is 0 Å². The summed E-state index contributed by atoms with van der Waals surface area (Å²) in [4.78, 5) is 22.9. The number of fused-ring (bicyclic) bond motifs is 3. The van der Waals surface area contributed by atoms with Gasteiger partial charge in [0, 0.05) is 24.4 Å². The number of nitrogens with one attached hydrogen (secondary N) is 1. The van der Waals surface area contributed by atoms with Crippen molar-refractivity contribution in [3.8, 4) is 0 Å². The lowest BCUT2D eigenvalue weighted by atomic mass is 9.70. The molecule has 4 rings (SSSR count). The Balaban J connectivity index is 1.18. The van der Waals surface area contributed by atoms with Crippen LogP contribution in [0.2, 0.25) is 0 Å². The Hall–Kier alpha value is -2.71. The van der Waals surface area contributed by atoms with Gasteiger partial charge in [0.15, 0.2) is 5.52 Å². The van der Waals surface area contributed by atoms with Gasteiger partial charge < -0.3 is 10.1 Å². The molecule has 9 nitrogen and oxygen atoms in total. The second kappa shape index (κ2) is 8.09. The highest BCUT2D eigenvalue weighted by molar-refractivity contribution is 5.93. The average Bonchev–Trinajstić information content (AvgIpc) is 3.34. The van der Waals surface area contributed by atoms with Crippen LogP contribution in [-0.2, 0) is 9.53 Å². The predicted octanol–water partition coefficient (Wildman–Crippen LogP) is 4.86. The third-order valence-corrected chi connectivity index (χ3v) is 7.95. The molecule has 0 amide bonds. The molecule has 2 aliphatic rings. The molecule has 2 saturated carbocycles. The second-order valence-electron chi connectivity index (χ2n) is 9.68. The summed E-state index contributed by atoms with van der Waals surface area (Å²) in [5.41, 5.74) is 1.34. The topological polar surface area (TPSA) is 120 Å². The van der Waals surface area contributed by atoms with Crippen molar-refractivity contribution in [2.24, 2.45) is 16.7 Å². The van der Waals surface area contributed by atoms with Crippen LogP contribution in [0.15, 0.2) is 16.8 Å². The molecule has 1 heterocycles. The number of aromatic nitrogens is 2. The van der Waals surface area contributed by atoms with Crippen LogP contribution < -0.4 is 5.32 Å². The first kappa shape index (κ1) is 21.5. The van der Waals surface area contributed by atoms with Crippen molar-refractivity contribution in [2.75, 3.05) is 11.9 Å². The number of nitro groups is 1. The lowest BCUT2D eigenvalue weighted by Gasteiger charge is -2.38. The maximum absolute atomic E-state index is 12.4. The van der Waals surface area contributed by atoms with Gasteiger partial charge in [-0.25, -0.2) is 4.63 Å². The van der Waals surface area contributed by atoms with Crippen LogP contribution in [0.25, 0.3) is 11.0 Å². The number of carbonyl (C=O) groups excluding carboxylic acids is 1. The second-order valence-corrected chi connectivity index (χ2v) is 9.68. The average molecular weight is 431 g/mol. The summed E-state index contributed by atoms with van der Waals surface area (Å²) in [6.07, 6.45) is 6.39. The van der Waals surface area contributed by atoms with E-state index in [0.717, 1.165) is 32.1 Å². The molecule has 0 spiro atoms. The molecule has 1 aromatic carbocycles. The third-order valence-electron chi connectivity index (χ3n) is 7.95. The van der Waals surface area contributed by atoms with Crippen molar-refractivity contribution in [2.45, 2.75) is 71.8 Å². The zero-order valence-electron chi connectivity index (χ0n) is 18.3. The largest absolute Gasteiger partial charge is 0.462 e.